The maximum absolute atomic E-state index is 13.3. The van der Waals surface area contributed by atoms with Gasteiger partial charge >= 0.3 is 6.18 Å². The first-order valence-electron chi connectivity index (χ1n) is 9.35. The van der Waals surface area contributed by atoms with E-state index in [-0.39, 0.29) is 5.56 Å². The van der Waals surface area contributed by atoms with E-state index in [1.54, 1.807) is 12.1 Å². The normalized spacial score (nSPS) is 13.1. The predicted octanol–water partition coefficient (Wildman–Crippen LogP) is 3.05. The van der Waals surface area contributed by atoms with Crippen LogP contribution in [0.4, 0.5) is 13.2 Å². The van der Waals surface area contributed by atoms with Crippen LogP contribution >= 0.6 is 0 Å². The van der Waals surface area contributed by atoms with Gasteiger partial charge in [0.25, 0.3) is 0 Å². The summed E-state index contributed by atoms with van der Waals surface area (Å²) in [6, 6.07) is 8.49. The molecule has 30 heavy (non-hydrogen) atoms. The number of hydrogen-bond donors (Lipinski definition) is 4. The number of nitrogens with one attached hydrogen (secondary N) is 3. The lowest BCUT2D eigenvalue weighted by atomic mass is 9.99. The summed E-state index contributed by atoms with van der Waals surface area (Å²) in [5, 5.41) is 13.5. The minimum Gasteiger partial charge on any atom is -0.508 e. The van der Waals surface area contributed by atoms with Crippen molar-refractivity contribution >= 4 is 5.84 Å². The van der Waals surface area contributed by atoms with Gasteiger partial charge in [0.05, 0.1) is 5.56 Å². The third-order valence-corrected chi connectivity index (χ3v) is 4.36. The Morgan fingerprint density at radius 2 is 1.87 bits per heavy atom. The van der Waals surface area contributed by atoms with Crippen LogP contribution in [0.15, 0.2) is 41.5 Å². The van der Waals surface area contributed by atoms with Crippen molar-refractivity contribution in [2.75, 3.05) is 13.2 Å². The van der Waals surface area contributed by atoms with E-state index in [0.717, 1.165) is 17.5 Å². The summed E-state index contributed by atoms with van der Waals surface area (Å²) >= 11 is 0. The fraction of sp³-hybridized carbons (Fsp3) is 0.286. The summed E-state index contributed by atoms with van der Waals surface area (Å²) in [7, 11) is 0. The minimum absolute atomic E-state index is 0.195. The number of rotatable bonds is 6. The van der Waals surface area contributed by atoms with Crippen LogP contribution in [0.2, 0.25) is 0 Å². The molecule has 0 spiro atoms. The maximum atomic E-state index is 13.3. The zero-order chi connectivity index (χ0) is 21.6. The highest BCUT2D eigenvalue weighted by Gasteiger charge is 2.33. The largest absolute Gasteiger partial charge is 0.508 e. The molecule has 0 aliphatic carbocycles. The Labute approximate surface area is 172 Å². The lowest BCUT2D eigenvalue weighted by Crippen LogP contribution is -2.35. The molecule has 0 bridgehead atoms. The zero-order valence-electron chi connectivity index (χ0n) is 16.2. The number of amidine groups is 1. The van der Waals surface area contributed by atoms with Crippen LogP contribution < -0.4 is 16.5 Å². The van der Waals surface area contributed by atoms with Crippen molar-refractivity contribution in [1.82, 2.24) is 16.5 Å². The van der Waals surface area contributed by atoms with E-state index in [2.05, 4.69) is 33.4 Å². The number of hydrogen-bond acceptors (Lipinski definition) is 6. The number of phenols is 1. The first kappa shape index (κ1) is 21.5. The average molecular weight is 418 g/mol. The van der Waals surface area contributed by atoms with E-state index in [4.69, 9.17) is 4.74 Å². The third kappa shape index (κ3) is 5.43. The van der Waals surface area contributed by atoms with Crippen molar-refractivity contribution in [3.8, 4) is 17.6 Å². The summed E-state index contributed by atoms with van der Waals surface area (Å²) in [6.07, 6.45) is -3.22. The van der Waals surface area contributed by atoms with Crippen molar-refractivity contribution in [1.29, 1.82) is 0 Å². The van der Waals surface area contributed by atoms with E-state index in [1.807, 2.05) is 13.0 Å². The Kier molecular flexibility index (Phi) is 6.82. The summed E-state index contributed by atoms with van der Waals surface area (Å²) in [4.78, 5) is 0. The molecular formula is C21H21F3N4O2. The Morgan fingerprint density at radius 1 is 1.10 bits per heavy atom. The number of phenolic OH excluding ortho intramolecular Hbond substituents is 1. The molecule has 3 rings (SSSR count). The second-order valence-electron chi connectivity index (χ2n) is 6.47. The molecule has 2 aromatic rings. The van der Waals surface area contributed by atoms with Gasteiger partial charge in [-0.05, 0) is 61.7 Å². The number of alkyl halides is 3. The molecule has 4 N–H and O–H groups in total. The molecule has 0 radical (unpaired) electrons. The first-order valence-corrected chi connectivity index (χ1v) is 9.35. The third-order valence-electron chi connectivity index (χ3n) is 4.36. The fourth-order valence-corrected chi connectivity index (χ4v) is 2.92. The number of nitrogens with zero attached hydrogens (tertiary/aromatic N) is 1. The summed E-state index contributed by atoms with van der Waals surface area (Å²) in [5.41, 5.74) is 9.26. The number of halogens is 3. The summed E-state index contributed by atoms with van der Waals surface area (Å²) in [5.74, 6) is 5.61. The average Bonchev–Trinajstić information content (AvgIpc) is 3.25. The molecule has 0 fully saturated rings. The molecular weight excluding hydrogens is 397 g/mol. The van der Waals surface area contributed by atoms with Crippen LogP contribution in [-0.2, 0) is 17.3 Å². The van der Waals surface area contributed by atoms with Gasteiger partial charge < -0.3 is 9.84 Å². The maximum Gasteiger partial charge on any atom is 0.417 e. The van der Waals surface area contributed by atoms with E-state index < -0.39 is 17.5 Å². The highest BCUT2D eigenvalue weighted by atomic mass is 19.4. The predicted molar refractivity (Wildman–Crippen MR) is 106 cm³/mol. The monoisotopic (exact) mass is 418 g/mol. The van der Waals surface area contributed by atoms with Gasteiger partial charge in [0.2, 0.25) is 0 Å². The number of aromatic hydroxyl groups is 1. The number of hydrazone groups is 1. The van der Waals surface area contributed by atoms with Crippen LogP contribution in [0.25, 0.3) is 0 Å². The molecule has 1 aliphatic rings. The van der Waals surface area contributed by atoms with E-state index in [1.165, 1.54) is 12.1 Å². The molecule has 1 aliphatic heterocycles. The van der Waals surface area contributed by atoms with Gasteiger partial charge in [0, 0.05) is 29.9 Å². The van der Waals surface area contributed by atoms with Crippen LogP contribution in [0.3, 0.4) is 0 Å². The van der Waals surface area contributed by atoms with Crippen molar-refractivity contribution in [2.24, 2.45) is 5.10 Å². The van der Waals surface area contributed by atoms with Gasteiger partial charge in [-0.1, -0.05) is 11.8 Å². The number of hydrazine groups is 2. The van der Waals surface area contributed by atoms with Crippen LogP contribution in [0, 0.1) is 11.8 Å². The standard InChI is InChI=1S/C21H21F3N4O2/c1-2-30-11-3-4-16-12-17(20-25-27-28-26-20)8-6-14(16)5-7-15-9-10-18(29)13-19(15)21(22,23)24/h6,8-10,12-13,27-29H,2-4,11H2,1H3,(H,25,26). The van der Waals surface area contributed by atoms with Gasteiger partial charge in [-0.2, -0.15) is 13.2 Å². The van der Waals surface area contributed by atoms with Gasteiger partial charge in [-0.15, -0.1) is 10.6 Å². The fourth-order valence-electron chi connectivity index (χ4n) is 2.92. The van der Waals surface area contributed by atoms with Gasteiger partial charge in [0.15, 0.2) is 5.84 Å². The van der Waals surface area contributed by atoms with E-state index in [0.29, 0.717) is 37.1 Å². The number of aryl methyl sites for hydroxylation is 1. The molecule has 0 aromatic heterocycles. The molecule has 158 valence electrons. The van der Waals surface area contributed by atoms with Crippen LogP contribution in [-0.4, -0.2) is 24.2 Å². The topological polar surface area (TPSA) is 77.9 Å². The molecule has 0 unspecified atom stereocenters. The van der Waals surface area contributed by atoms with Crippen molar-refractivity contribution in [2.45, 2.75) is 25.9 Å². The summed E-state index contributed by atoms with van der Waals surface area (Å²) in [6.45, 7) is 3.11. The zero-order valence-corrected chi connectivity index (χ0v) is 16.2. The van der Waals surface area contributed by atoms with Crippen LogP contribution in [0.1, 0.15) is 41.2 Å². The molecule has 0 saturated carbocycles. The molecule has 0 amide bonds. The molecule has 2 aromatic carbocycles. The first-order chi connectivity index (χ1) is 14.4. The highest BCUT2D eigenvalue weighted by molar-refractivity contribution is 5.99. The lowest BCUT2D eigenvalue weighted by Gasteiger charge is -2.10. The minimum atomic E-state index is -4.61. The van der Waals surface area contributed by atoms with E-state index >= 15 is 0 Å². The van der Waals surface area contributed by atoms with Gasteiger partial charge in [-0.3, -0.25) is 5.43 Å². The second kappa shape index (κ2) is 9.52. The highest BCUT2D eigenvalue weighted by Crippen LogP contribution is 2.33. The smallest absolute Gasteiger partial charge is 0.417 e. The Balaban J connectivity index is 1.94. The number of ether oxygens (including phenoxy) is 1. The van der Waals surface area contributed by atoms with Crippen LogP contribution in [0.5, 0.6) is 5.75 Å². The molecule has 6 nitrogen and oxygen atoms in total. The summed E-state index contributed by atoms with van der Waals surface area (Å²) < 4.78 is 45.2. The lowest BCUT2D eigenvalue weighted by molar-refractivity contribution is -0.137. The Morgan fingerprint density at radius 3 is 2.57 bits per heavy atom. The van der Waals surface area contributed by atoms with Crippen molar-refractivity contribution in [3.05, 3.63) is 64.2 Å². The quantitative estimate of drug-likeness (QED) is 0.429. The van der Waals surface area contributed by atoms with E-state index in [9.17, 15) is 18.3 Å². The Hall–Kier alpha value is -3.22. The molecule has 9 heteroatoms. The van der Waals surface area contributed by atoms with Crippen molar-refractivity contribution < 1.29 is 23.0 Å². The SMILES string of the molecule is CCOCCCc1cc(C2=NNNN2)ccc1C#Cc1ccc(O)cc1C(F)(F)F. The van der Waals surface area contributed by atoms with Gasteiger partial charge in [-0.25, -0.2) is 5.53 Å². The molecule has 0 saturated heterocycles. The Bertz CT molecular complexity index is 994. The molecule has 0 atom stereocenters. The van der Waals surface area contributed by atoms with Gasteiger partial charge in [0.1, 0.15) is 5.75 Å². The molecule has 1 heterocycles. The van der Waals surface area contributed by atoms with Crippen molar-refractivity contribution in [3.63, 3.8) is 0 Å². The second-order valence-corrected chi connectivity index (χ2v) is 6.47. The number of benzene rings is 2.